The van der Waals surface area contributed by atoms with Gasteiger partial charge in [-0.05, 0) is 103 Å². The molecule has 0 aliphatic carbocycles. The lowest BCUT2D eigenvalue weighted by molar-refractivity contribution is -0.120. The van der Waals surface area contributed by atoms with Crippen molar-refractivity contribution in [1.29, 1.82) is 0 Å². The van der Waals surface area contributed by atoms with Gasteiger partial charge < -0.3 is 32.5 Å². The van der Waals surface area contributed by atoms with Crippen LogP contribution in [0.3, 0.4) is 0 Å². The summed E-state index contributed by atoms with van der Waals surface area (Å²) >= 11 is 0. The monoisotopic (exact) mass is 1480 g/mol. The lowest BCUT2D eigenvalue weighted by Crippen LogP contribution is -2.43. The molecule has 5 aliphatic heterocycles. The van der Waals surface area contributed by atoms with Gasteiger partial charge in [-0.25, -0.2) is 4.39 Å². The summed E-state index contributed by atoms with van der Waals surface area (Å²) in [6, 6.07) is 13.8. The topological polar surface area (TPSA) is 353 Å². The predicted octanol–water partition coefficient (Wildman–Crippen LogP) is 5.78. The third-order valence-electron chi connectivity index (χ3n) is 18.9. The summed E-state index contributed by atoms with van der Waals surface area (Å²) < 4.78 is 27.9. The predicted molar refractivity (Wildman–Crippen MR) is 399 cm³/mol. The normalized spacial score (nSPS) is 14.0. The standard InChI is InChI=1S/C20H21FN2O3.C16H23N3O3.C15H20N2O4.C15H20N2O3.C13H16N2O3/c1-2-3-4-15-11-17(24)19-16(12-18(25)22-20(19)26)23(15)10-9-13-5-7-14(21)8-6-13;1-4-5-6-11-9-13(20)15-12(10-14(21)17-16(15)22)19(11)8-7-18(2)3;1-3-4-5-10-8-12(18)14-11(17(10)6-7-21-2)9-13(19)16-15(14)20;1-3-5-7-17-10(6-4-2)8-12(18)14-11(17)9-13(19)16-15(14)20;1-3-4-5-15-8(2)6-10(16)12-9(15)7-11(17)14-13(12)18/h5-8,11H,2-4,9-10,12H2,1H3,(H,22,25,26);9H,4-8,10H2,1-3H3,(H,17,21,22);8H,3-7,9H2,1-2H3,(H,16,19,20);8H,3-7,9H2,1-2H3,(H,16,19,20);6H,3-5,7H2,1-2H3,(H,14,17,18). The second kappa shape index (κ2) is 39.8. The molecule has 0 fully saturated rings. The van der Waals surface area contributed by atoms with Crippen molar-refractivity contribution in [2.45, 2.75) is 216 Å². The minimum absolute atomic E-state index is 0.0136. The molecule has 0 saturated heterocycles. The zero-order valence-corrected chi connectivity index (χ0v) is 63.1. The number of imide groups is 5. The van der Waals surface area contributed by atoms with Gasteiger partial charge in [-0.15, -0.1) is 0 Å². The van der Waals surface area contributed by atoms with Crippen molar-refractivity contribution in [3.63, 3.8) is 0 Å². The number of fused-ring (bicyclic) bond motifs is 5. The number of nitrogens with one attached hydrogen (secondary N) is 5. The number of likely N-dealkylation sites (N-methyl/N-ethyl adjacent to an activating group) is 1. The van der Waals surface area contributed by atoms with Gasteiger partial charge >= 0.3 is 0 Å². The van der Waals surface area contributed by atoms with Gasteiger partial charge in [0.1, 0.15) is 33.6 Å². The average molecular weight is 1480 g/mol. The fourth-order valence-corrected chi connectivity index (χ4v) is 13.5. The molecule has 0 unspecified atom stereocenters. The molecule has 10 heterocycles. The van der Waals surface area contributed by atoms with Crippen molar-refractivity contribution in [3.8, 4) is 0 Å². The number of aryl methyl sites for hydroxylation is 6. The smallest absolute Gasteiger partial charge is 0.263 e. The number of unbranched alkanes of at least 4 members (excludes halogenated alkanes) is 5. The van der Waals surface area contributed by atoms with Crippen molar-refractivity contribution in [1.82, 2.24) is 54.3 Å². The van der Waals surface area contributed by atoms with Crippen LogP contribution in [0, 0.1) is 12.7 Å². The van der Waals surface area contributed by atoms with Crippen LogP contribution in [0.5, 0.6) is 0 Å². The Morgan fingerprint density at radius 1 is 0.364 bits per heavy atom. The third kappa shape index (κ3) is 21.6. The van der Waals surface area contributed by atoms with Crippen LogP contribution in [-0.2, 0) is 126 Å². The van der Waals surface area contributed by atoms with Crippen molar-refractivity contribution >= 4 is 59.1 Å². The number of carbonyl (C=O) groups excluding carboxylic acids is 10. The summed E-state index contributed by atoms with van der Waals surface area (Å²) in [5.74, 6) is -5.01. The lowest BCUT2D eigenvalue weighted by Gasteiger charge is -2.24. The first-order valence-corrected chi connectivity index (χ1v) is 37.0. The molecule has 5 aromatic heterocycles. The Hall–Kier alpha value is -10.5. The van der Waals surface area contributed by atoms with Crippen LogP contribution in [0.2, 0.25) is 0 Å². The first-order chi connectivity index (χ1) is 51.1. The molecule has 0 atom stereocenters. The number of pyridine rings is 5. The zero-order chi connectivity index (χ0) is 78.3. The Kier molecular flexibility index (Phi) is 31.1. The maximum absolute atomic E-state index is 13.1. The number of carbonyl (C=O) groups is 10. The van der Waals surface area contributed by atoms with E-state index < -0.39 is 35.4 Å². The Morgan fingerprint density at radius 3 is 0.991 bits per heavy atom. The van der Waals surface area contributed by atoms with E-state index in [-0.39, 0.29) is 117 Å². The molecule has 107 heavy (non-hydrogen) atoms. The molecular formula is C79H100FN11O16. The fourth-order valence-electron chi connectivity index (χ4n) is 13.5. The van der Waals surface area contributed by atoms with Gasteiger partial charge in [0.25, 0.3) is 29.5 Å². The first-order valence-electron chi connectivity index (χ1n) is 37.0. The first kappa shape index (κ1) is 83.8. The summed E-state index contributed by atoms with van der Waals surface area (Å²) in [7, 11) is 5.54. The maximum atomic E-state index is 13.1. The largest absolute Gasteiger partial charge is 0.383 e. The van der Waals surface area contributed by atoms with Gasteiger partial charge in [0.05, 0.1) is 38.7 Å². The van der Waals surface area contributed by atoms with Crippen molar-refractivity contribution in [2.75, 3.05) is 34.4 Å². The van der Waals surface area contributed by atoms with E-state index in [1.54, 1.807) is 31.4 Å². The van der Waals surface area contributed by atoms with Gasteiger partial charge in [-0.2, -0.15) is 0 Å². The van der Waals surface area contributed by atoms with E-state index in [0.29, 0.717) is 67.6 Å². The summed E-state index contributed by atoms with van der Waals surface area (Å²) in [4.78, 5) is 181. The molecule has 0 spiro atoms. The average Bonchev–Trinajstić information content (AvgIpc) is 0.802. The van der Waals surface area contributed by atoms with Crippen molar-refractivity contribution in [2.24, 2.45) is 0 Å². The summed E-state index contributed by atoms with van der Waals surface area (Å²) in [5.41, 5.74) is 7.01. The van der Waals surface area contributed by atoms with Gasteiger partial charge in [-0.3, -0.25) is 98.5 Å². The fraction of sp³-hybridized carbons (Fsp3) is 0.481. The van der Waals surface area contributed by atoms with Gasteiger partial charge in [0.2, 0.25) is 29.5 Å². The number of aromatic nitrogens is 5. The number of methoxy groups -OCH3 is 1. The van der Waals surface area contributed by atoms with Gasteiger partial charge in [0.15, 0.2) is 27.1 Å². The zero-order valence-electron chi connectivity index (χ0n) is 63.1. The van der Waals surface area contributed by atoms with E-state index >= 15 is 0 Å². The van der Waals surface area contributed by atoms with Crippen LogP contribution < -0.4 is 53.7 Å². The number of hydrogen-bond acceptors (Lipinski definition) is 17. The van der Waals surface area contributed by atoms with Crippen molar-refractivity contribution in [3.05, 3.63) is 202 Å². The molecule has 28 heteroatoms. The molecule has 1 aromatic carbocycles. The SMILES string of the molecule is CCCCc1cc(=O)c2c(n1CCN(C)C)CC(=O)NC2=O.CCCCc1cc(=O)c2c(n1CCOC)CC(=O)NC2=O.CCCCc1cc(=O)c2c(n1CCc1ccc(F)cc1)CC(=O)NC2=O.CCCCn1c(C)cc(=O)c2c1CC(=O)NC2=O.CCCCn1c(CCC)cc(=O)c2c1CC(=O)NC2=O. The molecule has 27 nitrogen and oxygen atoms in total. The van der Waals surface area contributed by atoms with E-state index in [9.17, 15) is 76.3 Å². The minimum Gasteiger partial charge on any atom is -0.383 e. The molecule has 6 aromatic rings. The van der Waals surface area contributed by atoms with Gasteiger partial charge in [-0.1, -0.05) is 92.2 Å². The summed E-state index contributed by atoms with van der Waals surface area (Å²) in [6.45, 7) is 18.7. The van der Waals surface area contributed by atoms with Crippen LogP contribution in [0.15, 0.2) is 78.6 Å². The minimum atomic E-state index is -0.626. The highest BCUT2D eigenvalue weighted by molar-refractivity contribution is 6.12. The molecule has 5 N–H and O–H groups in total. The highest BCUT2D eigenvalue weighted by Gasteiger charge is 2.34. The number of rotatable bonds is 26. The second-order valence-corrected chi connectivity index (χ2v) is 27.2. The number of halogens is 1. The number of amides is 10. The second-order valence-electron chi connectivity index (χ2n) is 27.2. The summed E-state index contributed by atoms with van der Waals surface area (Å²) in [5, 5.41) is 11.1. The molecule has 5 aliphatic rings. The van der Waals surface area contributed by atoms with Crippen LogP contribution in [0.4, 0.5) is 4.39 Å². The van der Waals surface area contributed by atoms with Crippen LogP contribution in [-0.4, -0.2) is 121 Å². The molecule has 574 valence electrons. The quantitative estimate of drug-likeness (QED) is 0.0402. The lowest BCUT2D eigenvalue weighted by atomic mass is 10.0. The molecular weight excluding hydrogens is 1380 g/mol. The van der Waals surface area contributed by atoms with E-state index in [2.05, 4.69) is 61.2 Å². The highest BCUT2D eigenvalue weighted by atomic mass is 19.1. The molecule has 10 amide bonds. The third-order valence-corrected chi connectivity index (χ3v) is 18.9. The van der Waals surface area contributed by atoms with E-state index in [1.165, 1.54) is 30.3 Å². The Morgan fingerprint density at radius 2 is 0.664 bits per heavy atom. The van der Waals surface area contributed by atoms with E-state index in [4.69, 9.17) is 4.74 Å². The number of hydrogen-bond donors (Lipinski definition) is 5. The van der Waals surface area contributed by atoms with Gasteiger partial charge in [0, 0.05) is 134 Å². The summed E-state index contributed by atoms with van der Waals surface area (Å²) in [6.07, 6.45) is 14.7. The Bertz CT molecular complexity index is 4690. The van der Waals surface area contributed by atoms with Crippen LogP contribution >= 0.6 is 0 Å². The Balaban J connectivity index is 0.000000187. The molecule has 0 bridgehead atoms. The van der Waals surface area contributed by atoms with Crippen LogP contribution in [0.1, 0.15) is 226 Å². The number of benzene rings is 1. The number of ether oxygens (including phenoxy) is 1. The molecule has 0 radical (unpaired) electrons. The molecule has 11 rings (SSSR count). The van der Waals surface area contributed by atoms with E-state index in [0.717, 1.165) is 144 Å². The highest BCUT2D eigenvalue weighted by Crippen LogP contribution is 2.22. The number of nitrogens with zero attached hydrogens (tertiary/aromatic N) is 6. The maximum Gasteiger partial charge on any atom is 0.263 e. The Labute approximate surface area is 620 Å². The van der Waals surface area contributed by atoms with Crippen LogP contribution in [0.25, 0.3) is 0 Å². The van der Waals surface area contributed by atoms with Crippen molar-refractivity contribution < 1.29 is 57.1 Å². The van der Waals surface area contributed by atoms with E-state index in [1.807, 2.05) is 55.7 Å². The molecule has 0 saturated carbocycles.